The fraction of sp³-hybridized carbons (Fsp3) is 0.308. The third kappa shape index (κ3) is 2.49. The van der Waals surface area contributed by atoms with Crippen molar-refractivity contribution in [2.24, 2.45) is 0 Å². The first kappa shape index (κ1) is 10.9. The fourth-order valence-corrected chi connectivity index (χ4v) is 1.64. The Morgan fingerprint density at radius 3 is 2.88 bits per heavy atom. The minimum Gasteiger partial charge on any atom is -0.313 e. The summed E-state index contributed by atoms with van der Waals surface area (Å²) in [6, 6.07) is 10.4. The second kappa shape index (κ2) is 4.94. The van der Waals surface area contributed by atoms with Gasteiger partial charge in [0.25, 0.3) is 0 Å². The zero-order valence-electron chi connectivity index (χ0n) is 9.77. The zero-order chi connectivity index (χ0) is 11.4. The maximum Gasteiger partial charge on any atom is 0.0648 e. The van der Waals surface area contributed by atoms with Crippen LogP contribution in [0.1, 0.15) is 18.2 Å². The summed E-state index contributed by atoms with van der Waals surface area (Å²) in [4.78, 5) is 0. The largest absolute Gasteiger partial charge is 0.313 e. The first-order valence-corrected chi connectivity index (χ1v) is 5.62. The summed E-state index contributed by atoms with van der Waals surface area (Å²) in [7, 11) is 0. The Morgan fingerprint density at radius 1 is 1.31 bits per heavy atom. The highest BCUT2D eigenvalue weighted by atomic mass is 15.3. The van der Waals surface area contributed by atoms with Crippen LogP contribution in [0.4, 0.5) is 0 Å². The molecule has 16 heavy (non-hydrogen) atoms. The van der Waals surface area contributed by atoms with Crippen LogP contribution in [0.2, 0.25) is 0 Å². The van der Waals surface area contributed by atoms with Gasteiger partial charge in [0.1, 0.15) is 0 Å². The Balaban J connectivity index is 2.22. The molecule has 0 aliphatic rings. The molecular weight excluding hydrogens is 198 g/mol. The lowest BCUT2D eigenvalue weighted by atomic mass is 10.2. The van der Waals surface area contributed by atoms with Gasteiger partial charge in [-0.2, -0.15) is 5.10 Å². The molecule has 0 saturated heterocycles. The molecule has 1 aromatic carbocycles. The third-order valence-electron chi connectivity index (χ3n) is 2.48. The normalized spacial score (nSPS) is 10.6. The first-order valence-electron chi connectivity index (χ1n) is 5.62. The second-order valence-corrected chi connectivity index (χ2v) is 3.85. The Bertz CT molecular complexity index is 460. The Hall–Kier alpha value is -1.61. The molecular formula is C13H17N3. The number of aryl methyl sites for hydroxylation is 1. The van der Waals surface area contributed by atoms with Gasteiger partial charge in [-0.05, 0) is 37.2 Å². The number of benzene rings is 1. The van der Waals surface area contributed by atoms with Gasteiger partial charge in [0.05, 0.1) is 11.4 Å². The van der Waals surface area contributed by atoms with E-state index < -0.39 is 0 Å². The van der Waals surface area contributed by atoms with Crippen molar-refractivity contribution in [3.8, 4) is 5.69 Å². The first-order chi connectivity index (χ1) is 7.79. The van der Waals surface area contributed by atoms with E-state index >= 15 is 0 Å². The highest BCUT2D eigenvalue weighted by Gasteiger charge is 1.99. The van der Waals surface area contributed by atoms with Crippen LogP contribution in [0.5, 0.6) is 0 Å². The highest BCUT2D eigenvalue weighted by molar-refractivity contribution is 5.35. The summed E-state index contributed by atoms with van der Waals surface area (Å²) in [5, 5.41) is 7.72. The molecule has 2 rings (SSSR count). The number of hydrogen-bond acceptors (Lipinski definition) is 2. The fourth-order valence-electron chi connectivity index (χ4n) is 1.64. The predicted molar refractivity (Wildman–Crippen MR) is 65.7 cm³/mol. The monoisotopic (exact) mass is 215 g/mol. The standard InChI is InChI=1S/C13H17N3/c1-3-14-10-12-5-4-6-13(9-12)16-8-7-11(2)15-16/h4-9,14H,3,10H2,1-2H3. The van der Waals surface area contributed by atoms with E-state index in [4.69, 9.17) is 0 Å². The van der Waals surface area contributed by atoms with Gasteiger partial charge in [-0.25, -0.2) is 4.68 Å². The van der Waals surface area contributed by atoms with Crippen molar-refractivity contribution in [1.82, 2.24) is 15.1 Å². The minimum absolute atomic E-state index is 0.907. The Kier molecular flexibility index (Phi) is 3.37. The molecule has 0 aliphatic carbocycles. The maximum absolute atomic E-state index is 4.40. The summed E-state index contributed by atoms with van der Waals surface area (Å²) in [5.74, 6) is 0. The number of rotatable bonds is 4. The van der Waals surface area contributed by atoms with Crippen LogP contribution in [0.25, 0.3) is 5.69 Å². The predicted octanol–water partition coefficient (Wildman–Crippen LogP) is 2.29. The van der Waals surface area contributed by atoms with E-state index in [-0.39, 0.29) is 0 Å². The maximum atomic E-state index is 4.40. The zero-order valence-corrected chi connectivity index (χ0v) is 9.77. The number of nitrogens with one attached hydrogen (secondary N) is 1. The molecule has 0 radical (unpaired) electrons. The van der Waals surface area contributed by atoms with E-state index in [1.165, 1.54) is 5.56 Å². The number of hydrogen-bond donors (Lipinski definition) is 1. The van der Waals surface area contributed by atoms with Crippen molar-refractivity contribution >= 4 is 0 Å². The van der Waals surface area contributed by atoms with Crippen molar-refractivity contribution in [3.05, 3.63) is 47.8 Å². The molecule has 0 aliphatic heterocycles. The number of nitrogens with zero attached hydrogens (tertiary/aromatic N) is 2. The molecule has 0 fully saturated rings. The van der Waals surface area contributed by atoms with Crippen molar-refractivity contribution in [3.63, 3.8) is 0 Å². The van der Waals surface area contributed by atoms with Gasteiger partial charge in [0.2, 0.25) is 0 Å². The molecule has 3 nitrogen and oxygen atoms in total. The molecule has 0 unspecified atom stereocenters. The van der Waals surface area contributed by atoms with Crippen LogP contribution in [-0.2, 0) is 6.54 Å². The minimum atomic E-state index is 0.907. The van der Waals surface area contributed by atoms with E-state index in [0.717, 1.165) is 24.5 Å². The van der Waals surface area contributed by atoms with Crippen LogP contribution in [0.3, 0.4) is 0 Å². The van der Waals surface area contributed by atoms with E-state index in [2.05, 4.69) is 41.6 Å². The van der Waals surface area contributed by atoms with E-state index in [9.17, 15) is 0 Å². The summed E-state index contributed by atoms with van der Waals surface area (Å²) in [6.45, 7) is 6.01. The highest BCUT2D eigenvalue weighted by Crippen LogP contribution is 2.10. The average molecular weight is 215 g/mol. The topological polar surface area (TPSA) is 29.9 Å². The van der Waals surface area contributed by atoms with Crippen LogP contribution >= 0.6 is 0 Å². The van der Waals surface area contributed by atoms with Gasteiger partial charge in [0.15, 0.2) is 0 Å². The summed E-state index contributed by atoms with van der Waals surface area (Å²) in [5.41, 5.74) is 3.44. The SMILES string of the molecule is CCNCc1cccc(-n2ccc(C)n2)c1. The Labute approximate surface area is 96.1 Å². The Morgan fingerprint density at radius 2 is 2.19 bits per heavy atom. The molecule has 3 heteroatoms. The molecule has 0 amide bonds. The molecule has 1 aromatic heterocycles. The number of aromatic nitrogens is 2. The molecule has 0 atom stereocenters. The summed E-state index contributed by atoms with van der Waals surface area (Å²) in [6.07, 6.45) is 1.99. The van der Waals surface area contributed by atoms with Crippen molar-refractivity contribution in [2.45, 2.75) is 20.4 Å². The van der Waals surface area contributed by atoms with Crippen LogP contribution in [-0.4, -0.2) is 16.3 Å². The lowest BCUT2D eigenvalue weighted by molar-refractivity contribution is 0.725. The lowest BCUT2D eigenvalue weighted by Crippen LogP contribution is -2.11. The van der Waals surface area contributed by atoms with Gasteiger partial charge < -0.3 is 5.32 Å². The van der Waals surface area contributed by atoms with Gasteiger partial charge in [-0.3, -0.25) is 0 Å². The van der Waals surface area contributed by atoms with Crippen molar-refractivity contribution in [1.29, 1.82) is 0 Å². The second-order valence-electron chi connectivity index (χ2n) is 3.85. The van der Waals surface area contributed by atoms with Crippen molar-refractivity contribution in [2.75, 3.05) is 6.54 Å². The lowest BCUT2D eigenvalue weighted by Gasteiger charge is -2.05. The molecule has 1 N–H and O–H groups in total. The molecule has 1 heterocycles. The average Bonchev–Trinajstić information content (AvgIpc) is 2.74. The quantitative estimate of drug-likeness (QED) is 0.848. The van der Waals surface area contributed by atoms with Gasteiger partial charge >= 0.3 is 0 Å². The van der Waals surface area contributed by atoms with Crippen LogP contribution in [0, 0.1) is 6.92 Å². The molecule has 0 saturated carbocycles. The van der Waals surface area contributed by atoms with E-state index in [1.807, 2.05) is 23.9 Å². The molecule has 0 spiro atoms. The van der Waals surface area contributed by atoms with Gasteiger partial charge in [-0.1, -0.05) is 19.1 Å². The molecule has 2 aromatic rings. The van der Waals surface area contributed by atoms with E-state index in [0.29, 0.717) is 0 Å². The third-order valence-corrected chi connectivity index (χ3v) is 2.48. The van der Waals surface area contributed by atoms with Crippen LogP contribution in [0.15, 0.2) is 36.5 Å². The molecule has 84 valence electrons. The van der Waals surface area contributed by atoms with E-state index in [1.54, 1.807) is 0 Å². The summed E-state index contributed by atoms with van der Waals surface area (Å²) >= 11 is 0. The summed E-state index contributed by atoms with van der Waals surface area (Å²) < 4.78 is 1.91. The van der Waals surface area contributed by atoms with Crippen LogP contribution < -0.4 is 5.32 Å². The van der Waals surface area contributed by atoms with Gasteiger partial charge in [-0.15, -0.1) is 0 Å². The molecule has 0 bridgehead atoms. The smallest absolute Gasteiger partial charge is 0.0648 e. The van der Waals surface area contributed by atoms with Gasteiger partial charge in [0, 0.05) is 12.7 Å². The van der Waals surface area contributed by atoms with Crippen molar-refractivity contribution < 1.29 is 0 Å².